The van der Waals surface area contributed by atoms with Crippen molar-refractivity contribution in [2.24, 2.45) is 0 Å². The average Bonchev–Trinajstić information content (AvgIpc) is 2.65. The molecular weight excluding hydrogens is 376 g/mol. The van der Waals surface area contributed by atoms with Crippen LogP contribution >= 0.6 is 0 Å². The minimum absolute atomic E-state index is 0.173. The molecule has 0 bridgehead atoms. The summed E-state index contributed by atoms with van der Waals surface area (Å²) in [7, 11) is -4.28. The SMILES string of the molecule is CCCCCCCCCCc1ccc(Oc2cccc(S(=O)(=O)O)c2)cc1O. The molecule has 0 aliphatic rings. The van der Waals surface area contributed by atoms with Crippen LogP contribution in [0.2, 0.25) is 0 Å². The van der Waals surface area contributed by atoms with Gasteiger partial charge in [0.15, 0.2) is 0 Å². The fourth-order valence-corrected chi connectivity index (χ4v) is 3.62. The van der Waals surface area contributed by atoms with Gasteiger partial charge in [0.2, 0.25) is 0 Å². The van der Waals surface area contributed by atoms with E-state index in [4.69, 9.17) is 9.29 Å². The first-order chi connectivity index (χ1) is 13.4. The van der Waals surface area contributed by atoms with Crippen LogP contribution < -0.4 is 4.74 Å². The topological polar surface area (TPSA) is 83.8 Å². The van der Waals surface area contributed by atoms with Crippen molar-refractivity contribution >= 4 is 10.1 Å². The summed E-state index contributed by atoms with van der Waals surface area (Å²) in [5, 5.41) is 10.2. The maximum Gasteiger partial charge on any atom is 0.294 e. The summed E-state index contributed by atoms with van der Waals surface area (Å²) in [6.45, 7) is 2.22. The lowest BCUT2D eigenvalue weighted by atomic mass is 10.0. The summed E-state index contributed by atoms with van der Waals surface area (Å²) in [6.07, 6.45) is 10.8. The van der Waals surface area contributed by atoms with Crippen molar-refractivity contribution in [3.05, 3.63) is 48.0 Å². The fraction of sp³-hybridized carbons (Fsp3) is 0.455. The number of aromatic hydroxyl groups is 1. The number of phenols is 1. The van der Waals surface area contributed by atoms with Gasteiger partial charge in [-0.3, -0.25) is 4.55 Å². The second-order valence-corrected chi connectivity index (χ2v) is 8.49. The Morgan fingerprint density at radius 1 is 0.857 bits per heavy atom. The minimum atomic E-state index is -4.28. The van der Waals surface area contributed by atoms with E-state index >= 15 is 0 Å². The summed E-state index contributed by atoms with van der Waals surface area (Å²) in [6, 6.07) is 10.7. The molecule has 2 aromatic rings. The Kier molecular flexibility index (Phi) is 8.80. The van der Waals surface area contributed by atoms with E-state index in [9.17, 15) is 13.5 Å². The molecule has 0 heterocycles. The molecule has 28 heavy (non-hydrogen) atoms. The van der Waals surface area contributed by atoms with Crippen molar-refractivity contribution in [3.63, 3.8) is 0 Å². The summed E-state index contributed by atoms with van der Waals surface area (Å²) in [4.78, 5) is -0.236. The van der Waals surface area contributed by atoms with Crippen LogP contribution in [-0.2, 0) is 16.5 Å². The third-order valence-corrected chi connectivity index (χ3v) is 5.55. The molecule has 0 amide bonds. The van der Waals surface area contributed by atoms with Gasteiger partial charge in [-0.1, -0.05) is 64.0 Å². The summed E-state index contributed by atoms with van der Waals surface area (Å²) < 4.78 is 37.1. The van der Waals surface area contributed by atoms with E-state index in [0.717, 1.165) is 24.8 Å². The molecule has 2 N–H and O–H groups in total. The molecular formula is C22H30O5S. The van der Waals surface area contributed by atoms with Crippen LogP contribution in [0, 0.1) is 0 Å². The van der Waals surface area contributed by atoms with Gasteiger partial charge in [-0.25, -0.2) is 0 Å². The number of phenolic OH excluding ortho intramolecular Hbond substituents is 1. The lowest BCUT2D eigenvalue weighted by Crippen LogP contribution is -1.98. The van der Waals surface area contributed by atoms with Crippen LogP contribution in [0.3, 0.4) is 0 Å². The minimum Gasteiger partial charge on any atom is -0.508 e. The summed E-state index contributed by atoms with van der Waals surface area (Å²) >= 11 is 0. The lowest BCUT2D eigenvalue weighted by Gasteiger charge is -2.10. The van der Waals surface area contributed by atoms with Crippen LogP contribution in [0.5, 0.6) is 17.2 Å². The molecule has 0 aliphatic carbocycles. The average molecular weight is 407 g/mol. The van der Waals surface area contributed by atoms with E-state index in [0.29, 0.717) is 5.75 Å². The van der Waals surface area contributed by atoms with Gasteiger partial charge in [-0.2, -0.15) is 8.42 Å². The Labute approximate surface area is 168 Å². The van der Waals surface area contributed by atoms with Crippen molar-refractivity contribution in [2.45, 2.75) is 69.6 Å². The number of aryl methyl sites for hydroxylation is 1. The van der Waals surface area contributed by atoms with Gasteiger partial charge < -0.3 is 9.84 Å². The quantitative estimate of drug-likeness (QED) is 0.328. The highest BCUT2D eigenvalue weighted by molar-refractivity contribution is 7.85. The maximum atomic E-state index is 11.2. The van der Waals surface area contributed by atoms with E-state index in [-0.39, 0.29) is 16.4 Å². The molecule has 5 nitrogen and oxygen atoms in total. The molecule has 2 rings (SSSR count). The molecule has 0 saturated carbocycles. The van der Waals surface area contributed by atoms with Crippen molar-refractivity contribution < 1.29 is 22.8 Å². The van der Waals surface area contributed by atoms with Crippen molar-refractivity contribution in [2.75, 3.05) is 0 Å². The van der Waals surface area contributed by atoms with Crippen LogP contribution in [0.15, 0.2) is 47.4 Å². The highest BCUT2D eigenvalue weighted by Gasteiger charge is 2.11. The van der Waals surface area contributed by atoms with Gasteiger partial charge in [-0.05, 0) is 36.6 Å². The van der Waals surface area contributed by atoms with Gasteiger partial charge in [0.1, 0.15) is 17.2 Å². The van der Waals surface area contributed by atoms with Gasteiger partial charge in [-0.15, -0.1) is 0 Å². The van der Waals surface area contributed by atoms with Gasteiger partial charge in [0.25, 0.3) is 10.1 Å². The Morgan fingerprint density at radius 3 is 2.14 bits per heavy atom. The highest BCUT2D eigenvalue weighted by Crippen LogP contribution is 2.29. The Hall–Kier alpha value is -2.05. The smallest absolute Gasteiger partial charge is 0.294 e. The van der Waals surface area contributed by atoms with Crippen molar-refractivity contribution in [1.82, 2.24) is 0 Å². The maximum absolute atomic E-state index is 11.2. The fourth-order valence-electron chi connectivity index (χ4n) is 3.10. The van der Waals surface area contributed by atoms with E-state index in [1.54, 1.807) is 12.1 Å². The predicted molar refractivity (Wildman–Crippen MR) is 111 cm³/mol. The molecule has 0 aromatic heterocycles. The molecule has 0 fully saturated rings. The number of unbranched alkanes of at least 4 members (excludes halogenated alkanes) is 7. The summed E-state index contributed by atoms with van der Waals surface area (Å²) in [5.74, 6) is 0.849. The molecule has 154 valence electrons. The van der Waals surface area contributed by atoms with E-state index < -0.39 is 10.1 Å². The number of hydrogen-bond acceptors (Lipinski definition) is 4. The molecule has 0 unspecified atom stereocenters. The summed E-state index contributed by atoms with van der Waals surface area (Å²) in [5.41, 5.74) is 0.880. The predicted octanol–water partition coefficient (Wildman–Crippen LogP) is 6.11. The highest BCUT2D eigenvalue weighted by atomic mass is 32.2. The molecule has 0 saturated heterocycles. The normalized spacial score (nSPS) is 11.5. The zero-order valence-corrected chi connectivity index (χ0v) is 17.2. The van der Waals surface area contributed by atoms with E-state index in [1.165, 1.54) is 62.8 Å². The largest absolute Gasteiger partial charge is 0.508 e. The Bertz CT molecular complexity index is 846. The second kappa shape index (κ2) is 11.1. The Morgan fingerprint density at radius 2 is 1.50 bits per heavy atom. The molecule has 0 atom stereocenters. The van der Waals surface area contributed by atoms with E-state index in [2.05, 4.69) is 6.92 Å². The van der Waals surface area contributed by atoms with E-state index in [1.807, 2.05) is 6.07 Å². The first-order valence-corrected chi connectivity index (χ1v) is 11.4. The second-order valence-electron chi connectivity index (χ2n) is 7.07. The molecule has 2 aromatic carbocycles. The van der Waals surface area contributed by atoms with Crippen LogP contribution in [-0.4, -0.2) is 18.1 Å². The van der Waals surface area contributed by atoms with Crippen LogP contribution in [0.1, 0.15) is 63.9 Å². The van der Waals surface area contributed by atoms with Crippen LogP contribution in [0.4, 0.5) is 0 Å². The lowest BCUT2D eigenvalue weighted by molar-refractivity contribution is 0.447. The third-order valence-electron chi connectivity index (χ3n) is 4.70. The molecule has 0 spiro atoms. The van der Waals surface area contributed by atoms with Crippen LogP contribution in [0.25, 0.3) is 0 Å². The van der Waals surface area contributed by atoms with Gasteiger partial charge in [0.05, 0.1) is 4.90 Å². The first-order valence-electron chi connectivity index (χ1n) is 9.97. The Balaban J connectivity index is 1.84. The zero-order chi connectivity index (χ0) is 20.4. The van der Waals surface area contributed by atoms with Crippen molar-refractivity contribution in [1.29, 1.82) is 0 Å². The standard InChI is InChI=1S/C22H30O5S/c1-2-3-4-5-6-7-8-9-11-18-14-15-20(17-22(18)23)27-19-12-10-13-21(16-19)28(24,25)26/h10,12-17,23H,2-9,11H2,1H3,(H,24,25,26). The zero-order valence-electron chi connectivity index (χ0n) is 16.4. The van der Waals surface area contributed by atoms with Gasteiger partial charge in [0, 0.05) is 12.1 Å². The number of benzene rings is 2. The third kappa shape index (κ3) is 7.52. The molecule has 6 heteroatoms. The monoisotopic (exact) mass is 406 g/mol. The molecule has 0 aliphatic heterocycles. The number of rotatable bonds is 12. The van der Waals surface area contributed by atoms with Gasteiger partial charge >= 0.3 is 0 Å². The number of ether oxygens (including phenoxy) is 1. The first kappa shape index (κ1) is 22.2. The number of hydrogen-bond donors (Lipinski definition) is 2. The molecule has 0 radical (unpaired) electrons. The van der Waals surface area contributed by atoms with Crippen molar-refractivity contribution in [3.8, 4) is 17.2 Å².